The Morgan fingerprint density at radius 1 is 1.29 bits per heavy atom. The van der Waals surface area contributed by atoms with Crippen LogP contribution in [0.2, 0.25) is 0 Å². The van der Waals surface area contributed by atoms with E-state index in [0.29, 0.717) is 27.9 Å². The molecule has 0 aromatic carbocycles. The van der Waals surface area contributed by atoms with Crippen molar-refractivity contribution >= 4 is 28.6 Å². The van der Waals surface area contributed by atoms with Gasteiger partial charge in [-0.3, -0.25) is 0 Å². The van der Waals surface area contributed by atoms with E-state index in [1.165, 1.54) is 22.7 Å². The number of epoxide rings is 1. The number of fused-ring (bicyclic) bond motifs is 4. The van der Waals surface area contributed by atoms with Crippen LogP contribution >= 0.6 is 22.7 Å². The summed E-state index contributed by atoms with van der Waals surface area (Å²) in [4.78, 5) is 14.5. The lowest BCUT2D eigenvalue weighted by Crippen LogP contribution is -2.70. The number of hydrogen-bond donors (Lipinski definition) is 1. The Kier molecular flexibility index (Phi) is 4.10. The molecule has 0 radical (unpaired) electrons. The van der Waals surface area contributed by atoms with Gasteiger partial charge in [-0.1, -0.05) is 12.1 Å². The summed E-state index contributed by atoms with van der Waals surface area (Å²) in [7, 11) is 4.51. The van der Waals surface area contributed by atoms with Crippen LogP contribution in [0.5, 0.6) is 0 Å². The van der Waals surface area contributed by atoms with E-state index < -0.39 is 11.6 Å². The van der Waals surface area contributed by atoms with Gasteiger partial charge in [-0.05, 0) is 36.2 Å². The topological polar surface area (TPSA) is 59.1 Å². The Morgan fingerprint density at radius 3 is 2.50 bits per heavy atom. The van der Waals surface area contributed by atoms with Crippen molar-refractivity contribution in [1.82, 2.24) is 0 Å². The molecule has 2 aliphatic heterocycles. The number of likely N-dealkylation sites (tertiary alicyclic amines) is 1. The lowest BCUT2D eigenvalue weighted by molar-refractivity contribution is -0.948. The molecule has 5 atom stereocenters. The van der Waals surface area contributed by atoms with E-state index in [2.05, 4.69) is 21.0 Å². The van der Waals surface area contributed by atoms with Gasteiger partial charge in [0.05, 0.1) is 36.5 Å². The molecule has 1 aliphatic carbocycles. The highest BCUT2D eigenvalue weighted by molar-refractivity contribution is 7.12. The number of rotatable bonds is 4. The molecule has 0 amide bonds. The number of carbonyl (C=O) groups excluding carboxylic acids is 1. The third-order valence-corrected chi connectivity index (χ3v) is 9.36. The fraction of sp³-hybridized carbons (Fsp3) is 0.571. The van der Waals surface area contributed by atoms with Gasteiger partial charge >= 0.3 is 5.97 Å². The van der Waals surface area contributed by atoms with Gasteiger partial charge in [0.2, 0.25) is 5.60 Å². The number of aliphatic hydroxyl groups is 1. The summed E-state index contributed by atoms with van der Waals surface area (Å²) < 4.78 is 12.8. The van der Waals surface area contributed by atoms with E-state index in [9.17, 15) is 9.90 Å². The van der Waals surface area contributed by atoms with E-state index >= 15 is 0 Å². The number of ether oxygens (including phenoxy) is 2. The van der Waals surface area contributed by atoms with Crippen molar-refractivity contribution in [2.24, 2.45) is 5.92 Å². The first-order chi connectivity index (χ1) is 13.3. The third-order valence-electron chi connectivity index (χ3n) is 7.40. The Morgan fingerprint density at radius 2 is 1.93 bits per heavy atom. The molecule has 2 saturated heterocycles. The maximum absolute atomic E-state index is 13.3. The standard InChI is InChI=1S/C21H26NO4S2/c1-20-14(17-18(20)26-17)12-13(8-9-22(20,2)3)25-19(23)21(24,15-6-4-10-27-15)16-7-5-11-28-16/h4-7,10-11,13-14,17-18,24H,8-9,12H2,1-3H3/q+1. The van der Waals surface area contributed by atoms with E-state index in [1.807, 2.05) is 22.9 Å². The molecule has 3 fully saturated rings. The van der Waals surface area contributed by atoms with Crippen LogP contribution in [0.25, 0.3) is 0 Å². The monoisotopic (exact) mass is 420 g/mol. The minimum absolute atomic E-state index is 0.0869. The predicted molar refractivity (Wildman–Crippen MR) is 108 cm³/mol. The number of carbonyl (C=O) groups is 1. The Labute approximate surface area is 173 Å². The second kappa shape index (κ2) is 6.12. The first kappa shape index (κ1) is 18.8. The molecule has 1 N–H and O–H groups in total. The van der Waals surface area contributed by atoms with Gasteiger partial charge in [-0.25, -0.2) is 4.79 Å². The maximum atomic E-state index is 13.3. The normalized spacial score (nSPS) is 35.9. The van der Waals surface area contributed by atoms with Crippen LogP contribution in [0, 0.1) is 5.92 Å². The van der Waals surface area contributed by atoms with E-state index in [0.717, 1.165) is 23.9 Å². The van der Waals surface area contributed by atoms with Crippen LogP contribution in [0.15, 0.2) is 35.0 Å². The molecular weight excluding hydrogens is 394 g/mol. The zero-order valence-corrected chi connectivity index (χ0v) is 18.0. The molecule has 2 aromatic heterocycles. The molecular formula is C21H26NO4S2+. The highest BCUT2D eigenvalue weighted by Crippen LogP contribution is 2.62. The summed E-state index contributed by atoms with van der Waals surface area (Å²) >= 11 is 2.75. The number of esters is 1. The quantitative estimate of drug-likeness (QED) is 0.469. The van der Waals surface area contributed by atoms with Gasteiger partial charge in [0.1, 0.15) is 17.7 Å². The Hall–Kier alpha value is -1.25. The van der Waals surface area contributed by atoms with E-state index in [-0.39, 0.29) is 11.6 Å². The van der Waals surface area contributed by atoms with Crippen molar-refractivity contribution < 1.29 is 23.9 Å². The summed E-state index contributed by atoms with van der Waals surface area (Å²) in [5, 5.41) is 15.2. The van der Waals surface area contributed by atoms with Gasteiger partial charge in [0.15, 0.2) is 0 Å². The largest absolute Gasteiger partial charge is 0.459 e. The van der Waals surface area contributed by atoms with Gasteiger partial charge < -0.3 is 19.1 Å². The van der Waals surface area contributed by atoms with Crippen LogP contribution < -0.4 is 0 Å². The molecule has 5 unspecified atom stereocenters. The minimum Gasteiger partial charge on any atom is -0.459 e. The van der Waals surface area contributed by atoms with Crippen molar-refractivity contribution in [2.45, 2.75) is 49.2 Å². The zero-order valence-electron chi connectivity index (χ0n) is 16.3. The number of quaternary nitrogens is 1. The average molecular weight is 421 g/mol. The zero-order chi connectivity index (χ0) is 19.7. The molecule has 150 valence electrons. The van der Waals surface area contributed by atoms with Crippen molar-refractivity contribution in [2.75, 3.05) is 20.6 Å². The van der Waals surface area contributed by atoms with E-state index in [4.69, 9.17) is 9.47 Å². The minimum atomic E-state index is -1.74. The fourth-order valence-corrected chi connectivity index (χ4v) is 6.95. The number of nitrogens with zero attached hydrogens (tertiary/aromatic N) is 1. The van der Waals surface area contributed by atoms with Crippen LogP contribution in [0.3, 0.4) is 0 Å². The summed E-state index contributed by atoms with van der Waals surface area (Å²) in [6, 6.07) is 7.29. The van der Waals surface area contributed by atoms with Crippen molar-refractivity contribution in [3.63, 3.8) is 0 Å². The second-order valence-electron chi connectivity index (χ2n) is 8.98. The summed E-state index contributed by atoms with van der Waals surface area (Å²) in [5.74, 6) is -0.173. The fourth-order valence-electron chi connectivity index (χ4n) is 5.24. The van der Waals surface area contributed by atoms with Crippen LogP contribution in [-0.4, -0.2) is 60.0 Å². The molecule has 4 heterocycles. The molecule has 5 rings (SSSR count). The number of hydrogen-bond acceptors (Lipinski definition) is 6. The first-order valence-electron chi connectivity index (χ1n) is 9.78. The number of thiophene rings is 2. The molecule has 0 spiro atoms. The van der Waals surface area contributed by atoms with Crippen molar-refractivity contribution in [1.29, 1.82) is 0 Å². The lowest BCUT2D eigenvalue weighted by Gasteiger charge is -2.52. The Bertz CT molecular complexity index is 844. The van der Waals surface area contributed by atoms with Gasteiger partial charge in [-0.2, -0.15) is 0 Å². The maximum Gasteiger partial charge on any atom is 0.349 e. The average Bonchev–Trinajstić information content (AvgIpc) is 3.08. The highest BCUT2D eigenvalue weighted by atomic mass is 32.1. The Balaban J connectivity index is 1.40. The highest BCUT2D eigenvalue weighted by Gasteiger charge is 2.78. The SMILES string of the molecule is CC12C(CC(OC(=O)C(O)(c3cccs3)c3cccs3)CC[N+]1(C)C)C1OC12. The van der Waals surface area contributed by atoms with Gasteiger partial charge in [0, 0.05) is 12.3 Å². The van der Waals surface area contributed by atoms with Crippen LogP contribution in [-0.2, 0) is 19.9 Å². The van der Waals surface area contributed by atoms with Crippen molar-refractivity contribution in [3.05, 3.63) is 44.8 Å². The summed E-state index contributed by atoms with van der Waals surface area (Å²) in [5.41, 5.74) is -1.65. The van der Waals surface area contributed by atoms with Crippen molar-refractivity contribution in [3.8, 4) is 0 Å². The smallest absolute Gasteiger partial charge is 0.349 e. The molecule has 5 nitrogen and oxygen atoms in total. The molecule has 7 heteroatoms. The first-order valence-corrected chi connectivity index (χ1v) is 11.5. The summed E-state index contributed by atoms with van der Waals surface area (Å²) in [6.45, 7) is 3.23. The lowest BCUT2D eigenvalue weighted by atomic mass is 9.64. The molecule has 28 heavy (non-hydrogen) atoms. The number of likely N-dealkylation sites (N-methyl/N-ethyl adjacent to an activating group) is 1. The summed E-state index contributed by atoms with van der Waals surface area (Å²) in [6.07, 6.45) is 2.06. The van der Waals surface area contributed by atoms with Crippen LogP contribution in [0.4, 0.5) is 0 Å². The third kappa shape index (κ3) is 2.43. The van der Waals surface area contributed by atoms with Crippen LogP contribution in [0.1, 0.15) is 29.5 Å². The van der Waals surface area contributed by atoms with E-state index in [1.54, 1.807) is 12.1 Å². The van der Waals surface area contributed by atoms with Gasteiger partial charge in [-0.15, -0.1) is 22.7 Å². The molecule has 2 aromatic rings. The molecule has 3 aliphatic rings. The second-order valence-corrected chi connectivity index (χ2v) is 10.9. The molecule has 0 bridgehead atoms. The van der Waals surface area contributed by atoms with Gasteiger partial charge in [0.25, 0.3) is 0 Å². The predicted octanol–water partition coefficient (Wildman–Crippen LogP) is 2.98. The molecule has 1 saturated carbocycles.